The molecule has 2 N–H and O–H groups in total. The average molecular weight is 263 g/mol. The summed E-state index contributed by atoms with van der Waals surface area (Å²) in [4.78, 5) is 26.9. The molecule has 0 aromatic carbocycles. The number of pyridine rings is 1. The first-order chi connectivity index (χ1) is 9.24. The summed E-state index contributed by atoms with van der Waals surface area (Å²) >= 11 is 0. The van der Waals surface area contributed by atoms with Crippen molar-refractivity contribution in [3.8, 4) is 0 Å². The number of aromatic nitrogens is 1. The van der Waals surface area contributed by atoms with Crippen LogP contribution in [0.5, 0.6) is 0 Å². The van der Waals surface area contributed by atoms with Gasteiger partial charge in [0.15, 0.2) is 0 Å². The van der Waals surface area contributed by atoms with Crippen LogP contribution in [0.1, 0.15) is 55.8 Å². The van der Waals surface area contributed by atoms with Gasteiger partial charge in [0, 0.05) is 18.8 Å². The Hall–Kier alpha value is -1.91. The third-order valence-electron chi connectivity index (χ3n) is 2.75. The van der Waals surface area contributed by atoms with E-state index in [1.807, 2.05) is 0 Å². The molecule has 0 aliphatic carbocycles. The van der Waals surface area contributed by atoms with Gasteiger partial charge in [0.05, 0.1) is 5.56 Å². The van der Waals surface area contributed by atoms with Crippen LogP contribution in [0.2, 0.25) is 0 Å². The maximum Gasteiger partial charge on any atom is 0.271 e. The highest BCUT2D eigenvalue weighted by molar-refractivity contribution is 5.94. The Balaban J connectivity index is 2.15. The van der Waals surface area contributed by atoms with Crippen LogP contribution in [-0.2, 0) is 4.79 Å². The first-order valence-corrected chi connectivity index (χ1v) is 6.73. The van der Waals surface area contributed by atoms with Crippen LogP contribution in [0.25, 0.3) is 0 Å². The normalized spacial score (nSPS) is 9.95. The fraction of sp³-hybridized carbons (Fsp3) is 0.500. The Bertz CT molecular complexity index is 393. The zero-order valence-electron chi connectivity index (χ0n) is 11.3. The summed E-state index contributed by atoms with van der Waals surface area (Å²) < 4.78 is 0. The third kappa shape index (κ3) is 6.55. The highest BCUT2D eigenvalue weighted by Crippen LogP contribution is 2.04. The van der Waals surface area contributed by atoms with Crippen LogP contribution in [-0.4, -0.2) is 16.8 Å². The molecule has 1 rings (SSSR count). The van der Waals surface area contributed by atoms with Crippen LogP contribution >= 0.6 is 0 Å². The summed E-state index contributed by atoms with van der Waals surface area (Å²) in [6, 6.07) is 3.31. The van der Waals surface area contributed by atoms with Gasteiger partial charge in [-0.15, -0.1) is 0 Å². The molecule has 0 unspecified atom stereocenters. The second kappa shape index (κ2) is 9.08. The minimum atomic E-state index is -0.354. The summed E-state index contributed by atoms with van der Waals surface area (Å²) in [5.74, 6) is -0.513. The van der Waals surface area contributed by atoms with Gasteiger partial charge in [0.2, 0.25) is 5.91 Å². The molecule has 0 fully saturated rings. The van der Waals surface area contributed by atoms with Crippen molar-refractivity contribution >= 4 is 11.8 Å². The van der Waals surface area contributed by atoms with Gasteiger partial charge < -0.3 is 0 Å². The van der Waals surface area contributed by atoms with Crippen molar-refractivity contribution in [3.63, 3.8) is 0 Å². The van der Waals surface area contributed by atoms with E-state index in [0.717, 1.165) is 19.3 Å². The number of amides is 2. The fourth-order valence-corrected chi connectivity index (χ4v) is 1.65. The molecular formula is C14H21N3O2. The molecule has 0 bridgehead atoms. The second-order valence-electron chi connectivity index (χ2n) is 4.41. The number of carbonyl (C=O) groups excluding carboxylic acids is 2. The Morgan fingerprint density at radius 2 is 1.95 bits per heavy atom. The lowest BCUT2D eigenvalue weighted by Crippen LogP contribution is -2.41. The minimum Gasteiger partial charge on any atom is -0.273 e. The van der Waals surface area contributed by atoms with E-state index in [2.05, 4.69) is 22.8 Å². The maximum atomic E-state index is 11.6. The van der Waals surface area contributed by atoms with E-state index in [4.69, 9.17) is 0 Å². The average Bonchev–Trinajstić information content (AvgIpc) is 2.45. The van der Waals surface area contributed by atoms with E-state index >= 15 is 0 Å². The standard InChI is InChI=1S/C14H21N3O2/c1-2-3-4-5-6-9-13(18)16-17-14(19)12-8-7-10-15-11-12/h7-8,10-11H,2-6,9H2,1H3,(H,16,18)(H,17,19). The molecule has 2 amide bonds. The van der Waals surface area contributed by atoms with Crippen LogP contribution in [0.4, 0.5) is 0 Å². The molecule has 0 radical (unpaired) electrons. The van der Waals surface area contributed by atoms with Gasteiger partial charge in [-0.2, -0.15) is 0 Å². The number of hydrogen-bond acceptors (Lipinski definition) is 3. The topological polar surface area (TPSA) is 71.1 Å². The molecule has 1 aromatic heterocycles. The third-order valence-corrected chi connectivity index (χ3v) is 2.75. The number of unbranched alkanes of at least 4 members (excludes halogenated alkanes) is 4. The first kappa shape index (κ1) is 15.1. The van der Waals surface area contributed by atoms with E-state index in [0.29, 0.717) is 12.0 Å². The lowest BCUT2D eigenvalue weighted by atomic mass is 10.1. The zero-order valence-corrected chi connectivity index (χ0v) is 11.3. The van der Waals surface area contributed by atoms with Crippen molar-refractivity contribution < 1.29 is 9.59 Å². The molecule has 0 aliphatic rings. The van der Waals surface area contributed by atoms with Gasteiger partial charge in [-0.05, 0) is 18.6 Å². The van der Waals surface area contributed by atoms with E-state index < -0.39 is 0 Å². The number of nitrogens with one attached hydrogen (secondary N) is 2. The first-order valence-electron chi connectivity index (χ1n) is 6.73. The van der Waals surface area contributed by atoms with Crippen molar-refractivity contribution in [1.29, 1.82) is 0 Å². The molecule has 19 heavy (non-hydrogen) atoms. The number of nitrogens with zero attached hydrogens (tertiary/aromatic N) is 1. The van der Waals surface area contributed by atoms with Gasteiger partial charge in [-0.3, -0.25) is 25.4 Å². The molecule has 0 saturated heterocycles. The van der Waals surface area contributed by atoms with Crippen molar-refractivity contribution in [3.05, 3.63) is 30.1 Å². The van der Waals surface area contributed by atoms with Crippen molar-refractivity contribution in [2.24, 2.45) is 0 Å². The Kier molecular flexibility index (Phi) is 7.24. The fourth-order valence-electron chi connectivity index (χ4n) is 1.65. The Labute approximate surface area is 113 Å². The number of rotatable bonds is 7. The number of hydrogen-bond donors (Lipinski definition) is 2. The molecule has 5 heteroatoms. The van der Waals surface area contributed by atoms with Crippen LogP contribution < -0.4 is 10.9 Å². The van der Waals surface area contributed by atoms with Crippen LogP contribution in [0, 0.1) is 0 Å². The van der Waals surface area contributed by atoms with Crippen LogP contribution in [0.15, 0.2) is 24.5 Å². The smallest absolute Gasteiger partial charge is 0.271 e. The zero-order chi connectivity index (χ0) is 13.9. The summed E-state index contributed by atoms with van der Waals surface area (Å²) in [5.41, 5.74) is 5.20. The van der Waals surface area contributed by atoms with Gasteiger partial charge in [0.1, 0.15) is 0 Å². The minimum absolute atomic E-state index is 0.159. The van der Waals surface area contributed by atoms with Crippen LogP contribution in [0.3, 0.4) is 0 Å². The van der Waals surface area contributed by atoms with Crippen molar-refractivity contribution in [2.45, 2.75) is 45.4 Å². The van der Waals surface area contributed by atoms with E-state index in [1.54, 1.807) is 18.3 Å². The highest BCUT2D eigenvalue weighted by atomic mass is 16.2. The molecule has 0 spiro atoms. The highest BCUT2D eigenvalue weighted by Gasteiger charge is 2.06. The summed E-state index contributed by atoms with van der Waals surface area (Å²) in [6.07, 6.45) is 8.94. The van der Waals surface area contributed by atoms with E-state index in [9.17, 15) is 9.59 Å². The lowest BCUT2D eigenvalue weighted by Gasteiger charge is -2.06. The predicted molar refractivity (Wildman–Crippen MR) is 73.2 cm³/mol. The number of carbonyl (C=O) groups is 2. The number of hydrazine groups is 1. The van der Waals surface area contributed by atoms with Gasteiger partial charge in [-0.25, -0.2) is 0 Å². The molecular weight excluding hydrogens is 242 g/mol. The largest absolute Gasteiger partial charge is 0.273 e. The monoisotopic (exact) mass is 263 g/mol. The van der Waals surface area contributed by atoms with Crippen molar-refractivity contribution in [1.82, 2.24) is 15.8 Å². The second-order valence-corrected chi connectivity index (χ2v) is 4.41. The van der Waals surface area contributed by atoms with Crippen molar-refractivity contribution in [2.75, 3.05) is 0 Å². The van der Waals surface area contributed by atoms with Gasteiger partial charge in [0.25, 0.3) is 5.91 Å². The molecule has 5 nitrogen and oxygen atoms in total. The van der Waals surface area contributed by atoms with E-state index in [1.165, 1.54) is 19.0 Å². The Morgan fingerprint density at radius 1 is 1.16 bits per heavy atom. The van der Waals surface area contributed by atoms with Gasteiger partial charge >= 0.3 is 0 Å². The molecule has 1 aromatic rings. The molecule has 0 atom stereocenters. The summed E-state index contributed by atoms with van der Waals surface area (Å²) in [6.45, 7) is 2.15. The molecule has 0 aliphatic heterocycles. The maximum absolute atomic E-state index is 11.6. The predicted octanol–water partition coefficient (Wildman–Crippen LogP) is 2.20. The SMILES string of the molecule is CCCCCCCC(=O)NNC(=O)c1cccnc1. The van der Waals surface area contributed by atoms with Gasteiger partial charge in [-0.1, -0.05) is 32.6 Å². The summed E-state index contributed by atoms with van der Waals surface area (Å²) in [5, 5.41) is 0. The lowest BCUT2D eigenvalue weighted by molar-refractivity contribution is -0.122. The molecule has 1 heterocycles. The molecule has 104 valence electrons. The Morgan fingerprint density at radius 3 is 2.63 bits per heavy atom. The quantitative estimate of drug-likeness (QED) is 0.585. The summed E-state index contributed by atoms with van der Waals surface area (Å²) in [7, 11) is 0. The molecule has 0 saturated carbocycles. The van der Waals surface area contributed by atoms with E-state index in [-0.39, 0.29) is 11.8 Å².